The molecule has 0 unspecified atom stereocenters. The molecule has 0 aliphatic carbocycles. The van der Waals surface area contributed by atoms with Crippen molar-refractivity contribution in [3.05, 3.63) is 35.9 Å². The Labute approximate surface area is 218 Å². The fraction of sp³-hybridized carbons (Fsp3) is 0.556. The van der Waals surface area contributed by atoms with Gasteiger partial charge in [0.25, 0.3) is 6.01 Å². The molecule has 0 bridgehead atoms. The molecule has 10 nitrogen and oxygen atoms in total. The number of rotatable bonds is 12. The number of methoxy groups -OCH3 is 1. The Morgan fingerprint density at radius 3 is 2.62 bits per heavy atom. The van der Waals surface area contributed by atoms with Gasteiger partial charge in [0, 0.05) is 26.2 Å². The lowest BCUT2D eigenvalue weighted by Gasteiger charge is -2.31. The number of aryl methyl sites for hydroxylation is 1. The van der Waals surface area contributed by atoms with Gasteiger partial charge >= 0.3 is 6.09 Å². The largest absolute Gasteiger partial charge is 0.468 e. The van der Waals surface area contributed by atoms with Crippen molar-refractivity contribution >= 4 is 29.0 Å². The number of amides is 1. The number of aromatic nitrogens is 4. The van der Waals surface area contributed by atoms with Crippen molar-refractivity contribution in [1.82, 2.24) is 24.4 Å². The van der Waals surface area contributed by atoms with Crippen LogP contribution in [0, 0.1) is 5.92 Å². The number of carbonyl (C=O) groups excluding carboxylic acids is 1. The number of anilines is 2. The number of nitrogens with zero attached hydrogens (tertiary/aromatic N) is 5. The predicted octanol–water partition coefficient (Wildman–Crippen LogP) is 4.85. The van der Waals surface area contributed by atoms with Crippen LogP contribution in [0.3, 0.4) is 0 Å². The van der Waals surface area contributed by atoms with Crippen molar-refractivity contribution in [2.45, 2.75) is 65.0 Å². The number of hydrogen-bond donors (Lipinski definition) is 2. The Morgan fingerprint density at radius 1 is 1.11 bits per heavy atom. The first-order chi connectivity index (χ1) is 18.1. The standard InChI is InChI=1S/C27H39N7O3/c1-3-4-15-29-25-31-23(28)22-24(32-25)34(26(30-22)36-2)16-9-8-10-20-13-17-33(18-14-20)27(35)37-19-21-11-6-5-7-12-21/h5-7,11-12,20H,3-4,8-10,13-19H2,1-2H3,(H3,28,29,31,32). The van der Waals surface area contributed by atoms with Gasteiger partial charge in [0.2, 0.25) is 5.95 Å². The molecule has 1 aliphatic heterocycles. The monoisotopic (exact) mass is 509 g/mol. The van der Waals surface area contributed by atoms with Crippen LogP contribution >= 0.6 is 0 Å². The second-order valence-electron chi connectivity index (χ2n) is 9.60. The number of piperidine rings is 1. The van der Waals surface area contributed by atoms with Gasteiger partial charge in [-0.1, -0.05) is 56.5 Å². The van der Waals surface area contributed by atoms with Crippen LogP contribution in [-0.2, 0) is 17.9 Å². The van der Waals surface area contributed by atoms with Crippen LogP contribution < -0.4 is 15.8 Å². The number of nitrogen functional groups attached to an aromatic ring is 1. The minimum Gasteiger partial charge on any atom is -0.468 e. The summed E-state index contributed by atoms with van der Waals surface area (Å²) in [7, 11) is 1.61. The van der Waals surface area contributed by atoms with E-state index in [0.29, 0.717) is 41.5 Å². The van der Waals surface area contributed by atoms with E-state index in [1.165, 1.54) is 0 Å². The molecule has 1 aromatic carbocycles. The molecular formula is C27H39N7O3. The van der Waals surface area contributed by atoms with E-state index in [1.807, 2.05) is 39.8 Å². The average molecular weight is 510 g/mol. The number of nitrogens with two attached hydrogens (primary N) is 1. The van der Waals surface area contributed by atoms with Crippen LogP contribution in [0.4, 0.5) is 16.6 Å². The number of ether oxygens (including phenoxy) is 2. The fourth-order valence-electron chi connectivity index (χ4n) is 4.73. The van der Waals surface area contributed by atoms with Crippen molar-refractivity contribution in [3.63, 3.8) is 0 Å². The van der Waals surface area contributed by atoms with Crippen LogP contribution in [0.25, 0.3) is 11.2 Å². The van der Waals surface area contributed by atoms with E-state index in [0.717, 1.165) is 76.7 Å². The van der Waals surface area contributed by atoms with Gasteiger partial charge < -0.3 is 25.4 Å². The number of benzene rings is 1. The summed E-state index contributed by atoms with van der Waals surface area (Å²) < 4.78 is 13.0. The molecule has 0 atom stereocenters. The zero-order valence-corrected chi connectivity index (χ0v) is 22.0. The topological polar surface area (TPSA) is 120 Å². The maximum Gasteiger partial charge on any atom is 0.410 e. The summed E-state index contributed by atoms with van der Waals surface area (Å²) in [5.41, 5.74) is 8.45. The van der Waals surface area contributed by atoms with E-state index in [1.54, 1.807) is 7.11 Å². The molecule has 3 aromatic rings. The van der Waals surface area contributed by atoms with Crippen LogP contribution in [0.2, 0.25) is 0 Å². The Morgan fingerprint density at radius 2 is 1.89 bits per heavy atom. The molecular weight excluding hydrogens is 470 g/mol. The Bertz CT molecular complexity index is 1140. The zero-order valence-electron chi connectivity index (χ0n) is 22.0. The number of carbonyl (C=O) groups is 1. The molecule has 0 radical (unpaired) electrons. The summed E-state index contributed by atoms with van der Waals surface area (Å²) in [5.74, 6) is 1.50. The summed E-state index contributed by atoms with van der Waals surface area (Å²) in [6.07, 6.45) is 7.11. The first kappa shape index (κ1) is 26.5. The lowest BCUT2D eigenvalue weighted by molar-refractivity contribution is 0.0813. The third-order valence-corrected chi connectivity index (χ3v) is 6.90. The molecule has 2 aromatic heterocycles. The lowest BCUT2D eigenvalue weighted by atomic mass is 9.92. The zero-order chi connectivity index (χ0) is 26.0. The predicted molar refractivity (Wildman–Crippen MR) is 144 cm³/mol. The van der Waals surface area contributed by atoms with Gasteiger partial charge in [-0.25, -0.2) is 4.79 Å². The maximum atomic E-state index is 12.4. The van der Waals surface area contributed by atoms with Gasteiger partial charge in [0.1, 0.15) is 6.61 Å². The lowest BCUT2D eigenvalue weighted by Crippen LogP contribution is -2.38. The maximum absolute atomic E-state index is 12.4. The molecule has 1 fully saturated rings. The van der Waals surface area contributed by atoms with Crippen molar-refractivity contribution in [2.24, 2.45) is 5.92 Å². The highest BCUT2D eigenvalue weighted by atomic mass is 16.6. The highest BCUT2D eigenvalue weighted by molar-refractivity contribution is 5.84. The van der Waals surface area contributed by atoms with Gasteiger partial charge in [0.15, 0.2) is 17.0 Å². The molecule has 3 heterocycles. The summed E-state index contributed by atoms with van der Waals surface area (Å²) in [6, 6.07) is 10.3. The molecule has 1 aliphatic rings. The number of unbranched alkanes of at least 4 members (excludes halogenated alkanes) is 2. The highest BCUT2D eigenvalue weighted by Gasteiger charge is 2.24. The van der Waals surface area contributed by atoms with Crippen LogP contribution in [-0.4, -0.2) is 57.3 Å². The molecule has 1 saturated heterocycles. The molecule has 10 heteroatoms. The Kier molecular flexibility index (Phi) is 9.40. The number of fused-ring (bicyclic) bond motifs is 1. The van der Waals surface area contributed by atoms with Crippen LogP contribution in [0.1, 0.15) is 57.4 Å². The van der Waals surface area contributed by atoms with E-state index in [4.69, 9.17) is 15.2 Å². The second kappa shape index (κ2) is 13.1. The molecule has 37 heavy (non-hydrogen) atoms. The van der Waals surface area contributed by atoms with Gasteiger partial charge in [-0.3, -0.25) is 4.57 Å². The molecule has 0 spiro atoms. The van der Waals surface area contributed by atoms with E-state index < -0.39 is 0 Å². The van der Waals surface area contributed by atoms with E-state index in [9.17, 15) is 4.79 Å². The smallest absolute Gasteiger partial charge is 0.410 e. The number of imidazole rings is 1. The SMILES string of the molecule is CCCCNc1nc(N)c2nc(OC)n(CCCCC3CCN(C(=O)OCc4ccccc4)CC3)c2n1. The highest BCUT2D eigenvalue weighted by Crippen LogP contribution is 2.27. The quantitative estimate of drug-likeness (QED) is 0.333. The van der Waals surface area contributed by atoms with Crippen LogP contribution in [0.5, 0.6) is 6.01 Å². The number of likely N-dealkylation sites (tertiary alicyclic amines) is 1. The van der Waals surface area contributed by atoms with Gasteiger partial charge in [0.05, 0.1) is 7.11 Å². The minimum absolute atomic E-state index is 0.216. The van der Waals surface area contributed by atoms with Crippen molar-refractivity contribution in [1.29, 1.82) is 0 Å². The van der Waals surface area contributed by atoms with Gasteiger partial charge in [-0.05, 0) is 37.2 Å². The van der Waals surface area contributed by atoms with Gasteiger partial charge in [-0.2, -0.15) is 15.0 Å². The number of hydrogen-bond acceptors (Lipinski definition) is 8. The summed E-state index contributed by atoms with van der Waals surface area (Å²) in [5, 5.41) is 3.25. The van der Waals surface area contributed by atoms with E-state index >= 15 is 0 Å². The number of nitrogens with one attached hydrogen (secondary N) is 1. The van der Waals surface area contributed by atoms with E-state index in [-0.39, 0.29) is 6.09 Å². The minimum atomic E-state index is -0.216. The molecule has 200 valence electrons. The normalized spacial score (nSPS) is 14.2. The van der Waals surface area contributed by atoms with E-state index in [2.05, 4.69) is 27.2 Å². The third-order valence-electron chi connectivity index (χ3n) is 6.90. The van der Waals surface area contributed by atoms with Crippen molar-refractivity contribution in [3.8, 4) is 6.01 Å². The second-order valence-corrected chi connectivity index (χ2v) is 9.60. The van der Waals surface area contributed by atoms with Crippen molar-refractivity contribution < 1.29 is 14.3 Å². The van der Waals surface area contributed by atoms with Crippen LogP contribution in [0.15, 0.2) is 30.3 Å². The molecule has 1 amide bonds. The molecule has 0 saturated carbocycles. The molecule has 3 N–H and O–H groups in total. The third kappa shape index (κ3) is 7.02. The van der Waals surface area contributed by atoms with Crippen molar-refractivity contribution in [2.75, 3.05) is 37.8 Å². The Hall–Kier alpha value is -3.56. The average Bonchev–Trinajstić information content (AvgIpc) is 3.29. The first-order valence-electron chi connectivity index (χ1n) is 13.4. The summed E-state index contributed by atoms with van der Waals surface area (Å²) in [6.45, 7) is 5.51. The summed E-state index contributed by atoms with van der Waals surface area (Å²) in [4.78, 5) is 27.8. The fourth-order valence-corrected chi connectivity index (χ4v) is 4.73. The molecule has 4 rings (SSSR count). The van der Waals surface area contributed by atoms with Gasteiger partial charge in [-0.15, -0.1) is 0 Å². The first-order valence-corrected chi connectivity index (χ1v) is 13.4. The Balaban J connectivity index is 1.23. The summed E-state index contributed by atoms with van der Waals surface area (Å²) >= 11 is 0.